The quantitative estimate of drug-likeness (QED) is 0.636. The molecular weight excluding hydrogens is 327 g/mol. The van der Waals surface area contributed by atoms with Gasteiger partial charge in [-0.2, -0.15) is 0 Å². The first-order valence-corrected chi connectivity index (χ1v) is 8.65. The predicted molar refractivity (Wildman–Crippen MR) is 102 cm³/mol. The largest absolute Gasteiger partial charge is 0.314 e. The van der Waals surface area contributed by atoms with Crippen molar-refractivity contribution >= 4 is 11.6 Å². The standard InChI is InChI=1S/C22H21FN2O/c1-25(19-7-5-15-24-16-19)22(26)10-4-6-17-11-13-18(14-12-17)20-8-2-3-9-21(20)23/h2-3,5,7-9,11-16H,4,6,10H2,1H3. The second kappa shape index (κ2) is 8.39. The molecule has 0 saturated carbocycles. The summed E-state index contributed by atoms with van der Waals surface area (Å²) in [6.07, 6.45) is 5.42. The van der Waals surface area contributed by atoms with Crippen LogP contribution in [0.1, 0.15) is 18.4 Å². The zero-order valence-electron chi connectivity index (χ0n) is 14.7. The summed E-state index contributed by atoms with van der Waals surface area (Å²) in [5.74, 6) is -0.148. The number of rotatable bonds is 6. The van der Waals surface area contributed by atoms with Gasteiger partial charge in [-0.25, -0.2) is 4.39 Å². The fourth-order valence-electron chi connectivity index (χ4n) is 2.85. The lowest BCUT2D eigenvalue weighted by Crippen LogP contribution is -2.26. The molecule has 132 valence electrons. The molecular formula is C22H21FN2O. The zero-order valence-corrected chi connectivity index (χ0v) is 14.7. The fraction of sp³-hybridized carbons (Fsp3) is 0.182. The number of amides is 1. The van der Waals surface area contributed by atoms with Crippen molar-refractivity contribution < 1.29 is 9.18 Å². The Hall–Kier alpha value is -3.01. The minimum absolute atomic E-state index is 0.0703. The van der Waals surface area contributed by atoms with Crippen LogP contribution < -0.4 is 4.90 Å². The van der Waals surface area contributed by atoms with Crippen molar-refractivity contribution in [3.8, 4) is 11.1 Å². The average molecular weight is 348 g/mol. The summed E-state index contributed by atoms with van der Waals surface area (Å²) in [7, 11) is 1.77. The molecule has 0 atom stereocenters. The van der Waals surface area contributed by atoms with E-state index in [1.807, 2.05) is 42.5 Å². The molecule has 0 saturated heterocycles. The third-order valence-electron chi connectivity index (χ3n) is 4.40. The van der Waals surface area contributed by atoms with Gasteiger partial charge in [0.25, 0.3) is 0 Å². The first-order valence-electron chi connectivity index (χ1n) is 8.65. The van der Waals surface area contributed by atoms with Crippen molar-refractivity contribution in [1.29, 1.82) is 0 Å². The number of aryl methyl sites for hydroxylation is 1. The van der Waals surface area contributed by atoms with E-state index in [-0.39, 0.29) is 11.7 Å². The number of benzene rings is 2. The molecule has 0 bridgehead atoms. The molecule has 2 aromatic carbocycles. The summed E-state index contributed by atoms with van der Waals surface area (Å²) in [6.45, 7) is 0. The first kappa shape index (κ1) is 17.8. The van der Waals surface area contributed by atoms with Crippen LogP contribution in [-0.2, 0) is 11.2 Å². The molecule has 0 radical (unpaired) electrons. The van der Waals surface area contributed by atoms with Crippen molar-refractivity contribution in [2.75, 3.05) is 11.9 Å². The van der Waals surface area contributed by atoms with Crippen LogP contribution >= 0.6 is 0 Å². The molecule has 3 rings (SSSR count). The van der Waals surface area contributed by atoms with Crippen molar-refractivity contribution in [2.45, 2.75) is 19.3 Å². The summed E-state index contributed by atoms with van der Waals surface area (Å²) >= 11 is 0. The summed E-state index contributed by atoms with van der Waals surface area (Å²) in [6, 6.07) is 18.3. The maximum atomic E-state index is 13.8. The Bertz CT molecular complexity index is 863. The van der Waals surface area contributed by atoms with E-state index in [2.05, 4.69) is 4.98 Å². The van der Waals surface area contributed by atoms with Crippen molar-refractivity contribution in [2.24, 2.45) is 0 Å². The fourth-order valence-corrected chi connectivity index (χ4v) is 2.85. The van der Waals surface area contributed by atoms with Gasteiger partial charge in [-0.15, -0.1) is 0 Å². The number of hydrogen-bond donors (Lipinski definition) is 0. The van der Waals surface area contributed by atoms with Gasteiger partial charge in [-0.1, -0.05) is 42.5 Å². The first-order chi connectivity index (χ1) is 12.6. The monoisotopic (exact) mass is 348 g/mol. The van der Waals surface area contributed by atoms with Crippen LogP contribution in [0.25, 0.3) is 11.1 Å². The highest BCUT2D eigenvalue weighted by atomic mass is 19.1. The Morgan fingerprint density at radius 2 is 1.81 bits per heavy atom. The molecule has 1 aromatic heterocycles. The van der Waals surface area contributed by atoms with Gasteiger partial charge in [0.15, 0.2) is 0 Å². The van der Waals surface area contributed by atoms with Crippen molar-refractivity contribution in [3.63, 3.8) is 0 Å². The molecule has 3 nitrogen and oxygen atoms in total. The lowest BCUT2D eigenvalue weighted by atomic mass is 10.0. The molecule has 0 unspecified atom stereocenters. The summed E-state index contributed by atoms with van der Waals surface area (Å²) in [4.78, 5) is 17.9. The van der Waals surface area contributed by atoms with Gasteiger partial charge in [0.2, 0.25) is 5.91 Å². The second-order valence-electron chi connectivity index (χ2n) is 6.19. The molecule has 4 heteroatoms. The number of pyridine rings is 1. The van der Waals surface area contributed by atoms with E-state index in [0.29, 0.717) is 12.0 Å². The number of aromatic nitrogens is 1. The van der Waals surface area contributed by atoms with Crippen LogP contribution in [0.5, 0.6) is 0 Å². The summed E-state index contributed by atoms with van der Waals surface area (Å²) in [5, 5.41) is 0. The van der Waals surface area contributed by atoms with Gasteiger partial charge in [0, 0.05) is 25.2 Å². The van der Waals surface area contributed by atoms with E-state index in [9.17, 15) is 9.18 Å². The molecule has 0 fully saturated rings. The highest BCUT2D eigenvalue weighted by Gasteiger charge is 2.10. The Morgan fingerprint density at radius 1 is 1.04 bits per heavy atom. The van der Waals surface area contributed by atoms with E-state index in [1.54, 1.807) is 36.5 Å². The van der Waals surface area contributed by atoms with Crippen molar-refractivity contribution in [1.82, 2.24) is 4.98 Å². The lowest BCUT2D eigenvalue weighted by Gasteiger charge is -2.16. The summed E-state index contributed by atoms with van der Waals surface area (Å²) < 4.78 is 13.8. The highest BCUT2D eigenvalue weighted by Crippen LogP contribution is 2.23. The molecule has 1 amide bonds. The van der Waals surface area contributed by atoms with E-state index in [4.69, 9.17) is 0 Å². The predicted octanol–water partition coefficient (Wildman–Crippen LogP) is 4.87. The number of halogens is 1. The van der Waals surface area contributed by atoms with Gasteiger partial charge in [-0.3, -0.25) is 9.78 Å². The van der Waals surface area contributed by atoms with Gasteiger partial charge < -0.3 is 4.90 Å². The maximum Gasteiger partial charge on any atom is 0.226 e. The van der Waals surface area contributed by atoms with Gasteiger partial charge in [0.05, 0.1) is 11.9 Å². The van der Waals surface area contributed by atoms with Gasteiger partial charge in [0.1, 0.15) is 5.82 Å². The number of hydrogen-bond acceptors (Lipinski definition) is 2. The van der Waals surface area contributed by atoms with Crippen LogP contribution in [-0.4, -0.2) is 17.9 Å². The maximum absolute atomic E-state index is 13.8. The highest BCUT2D eigenvalue weighted by molar-refractivity contribution is 5.92. The van der Waals surface area contributed by atoms with E-state index < -0.39 is 0 Å². The number of nitrogens with zero attached hydrogens (tertiary/aromatic N) is 2. The SMILES string of the molecule is CN(C(=O)CCCc1ccc(-c2ccccc2F)cc1)c1cccnc1. The van der Waals surface area contributed by atoms with Gasteiger partial charge >= 0.3 is 0 Å². The lowest BCUT2D eigenvalue weighted by molar-refractivity contribution is -0.118. The third-order valence-corrected chi connectivity index (χ3v) is 4.40. The topological polar surface area (TPSA) is 33.2 Å². The molecule has 0 aliphatic heterocycles. The Morgan fingerprint density at radius 3 is 2.50 bits per heavy atom. The Labute approximate surface area is 153 Å². The molecule has 0 N–H and O–H groups in total. The molecule has 26 heavy (non-hydrogen) atoms. The third kappa shape index (κ3) is 4.33. The van der Waals surface area contributed by atoms with Crippen LogP contribution in [0.4, 0.5) is 10.1 Å². The minimum atomic E-state index is -0.218. The number of carbonyl (C=O) groups is 1. The summed E-state index contributed by atoms with van der Waals surface area (Å²) in [5.41, 5.74) is 3.40. The van der Waals surface area contributed by atoms with Crippen LogP contribution in [0.15, 0.2) is 73.1 Å². The smallest absolute Gasteiger partial charge is 0.226 e. The average Bonchev–Trinajstić information content (AvgIpc) is 2.69. The van der Waals surface area contributed by atoms with Gasteiger partial charge in [-0.05, 0) is 42.2 Å². The molecule has 3 aromatic rings. The number of carbonyl (C=O) groups excluding carboxylic acids is 1. The Kier molecular flexibility index (Phi) is 5.74. The Balaban J connectivity index is 1.54. The molecule has 1 heterocycles. The normalized spacial score (nSPS) is 10.5. The molecule has 0 spiro atoms. The zero-order chi connectivity index (χ0) is 18.4. The van der Waals surface area contributed by atoms with Crippen molar-refractivity contribution in [3.05, 3.63) is 84.4 Å². The van der Waals surface area contributed by atoms with E-state index in [0.717, 1.165) is 29.7 Å². The van der Waals surface area contributed by atoms with E-state index in [1.165, 1.54) is 6.07 Å². The van der Waals surface area contributed by atoms with Crippen LogP contribution in [0.3, 0.4) is 0 Å². The number of anilines is 1. The van der Waals surface area contributed by atoms with E-state index >= 15 is 0 Å². The van der Waals surface area contributed by atoms with Crippen LogP contribution in [0.2, 0.25) is 0 Å². The minimum Gasteiger partial charge on any atom is -0.314 e. The second-order valence-corrected chi connectivity index (χ2v) is 6.19. The van der Waals surface area contributed by atoms with Crippen LogP contribution in [0, 0.1) is 5.82 Å². The molecule has 0 aliphatic rings. The molecule has 0 aliphatic carbocycles.